The van der Waals surface area contributed by atoms with Crippen molar-refractivity contribution in [3.05, 3.63) is 81.4 Å². The quantitative estimate of drug-likeness (QED) is 0.337. The Hall–Kier alpha value is -3.47. The van der Waals surface area contributed by atoms with Crippen molar-refractivity contribution in [2.24, 2.45) is 0 Å². The van der Waals surface area contributed by atoms with E-state index in [2.05, 4.69) is 0 Å². The third kappa shape index (κ3) is 6.28. The van der Waals surface area contributed by atoms with E-state index in [9.17, 15) is 9.59 Å². The molecule has 0 aliphatic carbocycles. The molecule has 0 radical (unpaired) electrons. The molecule has 0 spiro atoms. The van der Waals surface area contributed by atoms with E-state index in [1.165, 1.54) is 52.7 Å². The molecule has 0 unspecified atom stereocenters. The molecule has 0 aromatic heterocycles. The average molecular weight is 566 g/mol. The van der Waals surface area contributed by atoms with Crippen molar-refractivity contribution in [1.29, 1.82) is 0 Å². The zero-order chi connectivity index (χ0) is 23.8. The van der Waals surface area contributed by atoms with E-state index >= 15 is 0 Å². The molecule has 0 aliphatic rings. The van der Waals surface area contributed by atoms with Crippen LogP contribution in [0.2, 0.25) is 0 Å². The fraction of sp³-hybridized carbons (Fsp3) is 0.167. The molecule has 3 rings (SSSR count). The molecule has 0 aliphatic heterocycles. The molecule has 3 aromatic carbocycles. The van der Waals surface area contributed by atoms with Crippen LogP contribution in [0.15, 0.2) is 66.7 Å². The summed E-state index contributed by atoms with van der Waals surface area (Å²) in [7, 11) is 5.93. The van der Waals surface area contributed by atoms with Crippen molar-refractivity contribution >= 4 is 32.6 Å². The number of carbonyl (C=O) groups is 2. The molecule has 0 N–H and O–H groups in total. The van der Waals surface area contributed by atoms with Gasteiger partial charge in [0.25, 0.3) is 0 Å². The second kappa shape index (κ2) is 11.4. The van der Waals surface area contributed by atoms with Crippen molar-refractivity contribution < 1.29 is 34.7 Å². The van der Waals surface area contributed by atoms with Gasteiger partial charge in [-0.25, -0.2) is 0 Å². The first-order valence-electron chi connectivity index (χ1n) is 9.64. The molecular formula is C24H23IO8. The zero-order valence-electron chi connectivity index (χ0n) is 18.5. The van der Waals surface area contributed by atoms with Crippen LogP contribution in [-0.4, -0.2) is 40.4 Å². The molecule has 0 saturated carbocycles. The van der Waals surface area contributed by atoms with Crippen LogP contribution in [0.5, 0.6) is 23.0 Å². The molecule has 8 nitrogen and oxygen atoms in total. The van der Waals surface area contributed by atoms with E-state index in [-0.39, 0.29) is 11.1 Å². The Morgan fingerprint density at radius 2 is 0.939 bits per heavy atom. The van der Waals surface area contributed by atoms with E-state index in [4.69, 9.17) is 25.1 Å². The predicted molar refractivity (Wildman–Crippen MR) is 129 cm³/mol. The summed E-state index contributed by atoms with van der Waals surface area (Å²) >= 11 is -3.23. The first-order chi connectivity index (χ1) is 16.0. The van der Waals surface area contributed by atoms with Gasteiger partial charge in [-0.1, -0.05) is 0 Å². The standard InChI is InChI=1S/C24H23IO8/c1-28-19-10-16(11-20(14-19)29-2)23(26)32-25(18-8-6-5-7-9-18)33-24(27)17-12-21(30-3)15-22(13-17)31-4/h5-15H,1-4H3. The Labute approximate surface area is 199 Å². The summed E-state index contributed by atoms with van der Waals surface area (Å²) < 4.78 is 33.0. The van der Waals surface area contributed by atoms with Crippen LogP contribution < -0.4 is 18.9 Å². The maximum absolute atomic E-state index is 13.0. The second-order valence-corrected chi connectivity index (χ2v) is 9.81. The second-order valence-electron chi connectivity index (χ2n) is 6.44. The Morgan fingerprint density at radius 3 is 1.27 bits per heavy atom. The van der Waals surface area contributed by atoms with Crippen molar-refractivity contribution in [2.75, 3.05) is 28.4 Å². The third-order valence-corrected chi connectivity index (χ3v) is 7.70. The van der Waals surface area contributed by atoms with E-state index in [0.717, 1.165) is 0 Å². The molecule has 9 heteroatoms. The summed E-state index contributed by atoms with van der Waals surface area (Å²) in [5, 5.41) is 0. The average Bonchev–Trinajstić information content (AvgIpc) is 2.87. The van der Waals surface area contributed by atoms with Gasteiger partial charge in [0.05, 0.1) is 0 Å². The Bertz CT molecular complexity index is 1000. The van der Waals surface area contributed by atoms with Crippen LogP contribution in [0.3, 0.4) is 0 Å². The molecule has 0 bridgehead atoms. The third-order valence-electron chi connectivity index (χ3n) is 4.37. The van der Waals surface area contributed by atoms with Gasteiger partial charge in [0, 0.05) is 0 Å². The molecule has 0 atom stereocenters. The molecule has 174 valence electrons. The van der Waals surface area contributed by atoms with E-state index < -0.39 is 32.6 Å². The first-order valence-corrected chi connectivity index (χ1v) is 12.5. The Kier molecular flexibility index (Phi) is 8.36. The number of hydrogen-bond acceptors (Lipinski definition) is 8. The van der Waals surface area contributed by atoms with Gasteiger partial charge in [-0.15, -0.1) is 0 Å². The van der Waals surface area contributed by atoms with Gasteiger partial charge in [0.15, 0.2) is 0 Å². The predicted octanol–water partition coefficient (Wildman–Crippen LogP) is 4.94. The monoisotopic (exact) mass is 566 g/mol. The van der Waals surface area contributed by atoms with Gasteiger partial charge in [-0.2, -0.15) is 0 Å². The summed E-state index contributed by atoms with van der Waals surface area (Å²) in [5.41, 5.74) is 0.423. The number of ether oxygens (including phenoxy) is 4. The normalized spacial score (nSPS) is 10.6. The molecule has 3 aromatic rings. The number of hydrogen-bond donors (Lipinski definition) is 0. The van der Waals surface area contributed by atoms with Gasteiger partial charge in [0.2, 0.25) is 0 Å². The van der Waals surface area contributed by atoms with Crippen LogP contribution in [-0.2, 0) is 6.13 Å². The SMILES string of the molecule is COc1cc(OC)cc(C(=O)OI(OC(=O)c2cc(OC)cc(OC)c2)c2ccccc2)c1. The molecule has 0 heterocycles. The summed E-state index contributed by atoms with van der Waals surface area (Å²) in [6.07, 6.45) is 0. The van der Waals surface area contributed by atoms with Crippen LogP contribution in [0.1, 0.15) is 20.7 Å². The first kappa shape index (κ1) is 24.2. The number of rotatable bonds is 9. The van der Waals surface area contributed by atoms with Crippen molar-refractivity contribution in [3.63, 3.8) is 0 Å². The van der Waals surface area contributed by atoms with Gasteiger partial charge >= 0.3 is 200 Å². The molecule has 33 heavy (non-hydrogen) atoms. The van der Waals surface area contributed by atoms with Gasteiger partial charge in [-0.3, -0.25) is 0 Å². The summed E-state index contributed by atoms with van der Waals surface area (Å²) in [4.78, 5) is 25.9. The Morgan fingerprint density at radius 1 is 0.576 bits per heavy atom. The van der Waals surface area contributed by atoms with Crippen molar-refractivity contribution in [1.82, 2.24) is 0 Å². The summed E-state index contributed by atoms with van der Waals surface area (Å²) in [6, 6.07) is 18.3. The van der Waals surface area contributed by atoms with Crippen LogP contribution >= 0.6 is 20.6 Å². The van der Waals surface area contributed by atoms with Crippen molar-refractivity contribution in [3.8, 4) is 23.0 Å². The number of carbonyl (C=O) groups excluding carboxylic acids is 2. The fourth-order valence-electron chi connectivity index (χ4n) is 2.69. The molecule has 0 amide bonds. The van der Waals surface area contributed by atoms with E-state index in [1.807, 2.05) is 6.07 Å². The topological polar surface area (TPSA) is 89.5 Å². The molecule has 0 saturated heterocycles. The van der Waals surface area contributed by atoms with Crippen LogP contribution in [0.4, 0.5) is 0 Å². The van der Waals surface area contributed by atoms with Crippen molar-refractivity contribution in [2.45, 2.75) is 0 Å². The zero-order valence-corrected chi connectivity index (χ0v) is 20.7. The van der Waals surface area contributed by atoms with E-state index in [0.29, 0.717) is 26.6 Å². The molecular weight excluding hydrogens is 543 g/mol. The van der Waals surface area contributed by atoms with Crippen LogP contribution in [0.25, 0.3) is 0 Å². The Balaban J connectivity index is 1.89. The summed E-state index contributed by atoms with van der Waals surface area (Å²) in [5.74, 6) is 0.418. The maximum atomic E-state index is 13.0. The molecule has 0 fully saturated rings. The van der Waals surface area contributed by atoms with Gasteiger partial charge in [0.1, 0.15) is 0 Å². The summed E-state index contributed by atoms with van der Waals surface area (Å²) in [6.45, 7) is 0. The fourth-order valence-corrected chi connectivity index (χ4v) is 5.53. The number of benzene rings is 3. The van der Waals surface area contributed by atoms with E-state index in [1.54, 1.807) is 36.4 Å². The van der Waals surface area contributed by atoms with Crippen LogP contribution in [0, 0.1) is 3.57 Å². The number of methoxy groups -OCH3 is 4. The van der Waals surface area contributed by atoms with Gasteiger partial charge in [-0.05, 0) is 0 Å². The minimum absolute atomic E-state index is 0.212. The number of halogens is 1. The van der Waals surface area contributed by atoms with Gasteiger partial charge < -0.3 is 0 Å². The minimum atomic E-state index is -3.23.